The van der Waals surface area contributed by atoms with Crippen LogP contribution in [0.3, 0.4) is 0 Å². The summed E-state index contributed by atoms with van der Waals surface area (Å²) in [5, 5.41) is 2.93. The van der Waals surface area contributed by atoms with E-state index in [0.717, 1.165) is 24.3 Å². The molecule has 0 bridgehead atoms. The third kappa shape index (κ3) is 4.15. The first-order chi connectivity index (χ1) is 12.6. The Kier molecular flexibility index (Phi) is 5.75. The molecule has 1 aliphatic heterocycles. The highest BCUT2D eigenvalue weighted by Gasteiger charge is 2.31. The summed E-state index contributed by atoms with van der Waals surface area (Å²) in [4.78, 5) is 28.0. The average molecular weight is 373 g/mol. The highest BCUT2D eigenvalue weighted by Crippen LogP contribution is 2.28. The van der Waals surface area contributed by atoms with Crippen molar-refractivity contribution < 1.29 is 9.59 Å². The minimum Gasteiger partial charge on any atom is -0.368 e. The fourth-order valence-corrected chi connectivity index (χ4v) is 3.54. The molecule has 3 rings (SSSR count). The number of carbonyl (C=O) groups is 2. The van der Waals surface area contributed by atoms with Gasteiger partial charge in [-0.25, -0.2) is 4.79 Å². The number of hydrogen-bond acceptors (Lipinski definition) is 4. The number of rotatable bonds is 4. The molecular weight excluding hydrogens is 352 g/mol. The number of hydrogen-bond donors (Lipinski definition) is 2. The van der Waals surface area contributed by atoms with Gasteiger partial charge in [-0.1, -0.05) is 54.1 Å². The second-order valence-corrected chi connectivity index (χ2v) is 6.55. The van der Waals surface area contributed by atoms with Crippen LogP contribution in [0.5, 0.6) is 0 Å². The molecular formula is C19H21ClN4O2. The predicted octanol–water partition coefficient (Wildman–Crippen LogP) is 2.40. The minimum atomic E-state index is -0.842. The van der Waals surface area contributed by atoms with Crippen molar-refractivity contribution in [1.82, 2.24) is 10.2 Å². The van der Waals surface area contributed by atoms with Gasteiger partial charge in [-0.3, -0.25) is 15.0 Å². The maximum atomic E-state index is 12.6. The second-order valence-electron chi connectivity index (χ2n) is 6.14. The fraction of sp³-hybridized carbons (Fsp3) is 0.263. The van der Waals surface area contributed by atoms with Gasteiger partial charge < -0.3 is 10.6 Å². The topological polar surface area (TPSA) is 78.7 Å². The van der Waals surface area contributed by atoms with E-state index in [1.807, 2.05) is 54.6 Å². The summed E-state index contributed by atoms with van der Waals surface area (Å²) in [5.74, 6) is -0.408. The molecule has 0 aromatic heterocycles. The zero-order valence-electron chi connectivity index (χ0n) is 14.3. The molecule has 0 saturated carbocycles. The van der Waals surface area contributed by atoms with Crippen molar-refractivity contribution in [2.45, 2.75) is 6.04 Å². The van der Waals surface area contributed by atoms with E-state index >= 15 is 0 Å². The lowest BCUT2D eigenvalue weighted by molar-refractivity contribution is -0.125. The smallest absolute Gasteiger partial charge is 0.318 e. The molecule has 1 heterocycles. The van der Waals surface area contributed by atoms with Gasteiger partial charge in [0.05, 0.1) is 10.7 Å². The van der Waals surface area contributed by atoms with E-state index in [0.29, 0.717) is 18.1 Å². The number of nitrogens with one attached hydrogen (secondary N) is 1. The Morgan fingerprint density at radius 3 is 2.19 bits per heavy atom. The summed E-state index contributed by atoms with van der Waals surface area (Å²) in [7, 11) is 0. The van der Waals surface area contributed by atoms with Crippen LogP contribution in [-0.4, -0.2) is 43.0 Å². The Bertz CT molecular complexity index is 776. The standard InChI is InChI=1S/C19H21ClN4O2/c20-15-8-4-5-9-16(15)23-10-12-24(13-11-23)17(18(25)22-19(21)26)14-6-2-1-3-7-14/h1-9,17H,10-13H2,(H3,21,22,25,26)/t17-/m0/s1. The van der Waals surface area contributed by atoms with Crippen molar-refractivity contribution in [3.8, 4) is 0 Å². The molecule has 1 saturated heterocycles. The molecule has 0 unspecified atom stereocenters. The van der Waals surface area contributed by atoms with Crippen LogP contribution in [0.2, 0.25) is 5.02 Å². The van der Waals surface area contributed by atoms with Gasteiger partial charge in [0.2, 0.25) is 5.91 Å². The zero-order valence-corrected chi connectivity index (χ0v) is 15.0. The molecule has 26 heavy (non-hydrogen) atoms. The lowest BCUT2D eigenvalue weighted by atomic mass is 10.0. The van der Waals surface area contributed by atoms with Gasteiger partial charge in [0.25, 0.3) is 0 Å². The van der Waals surface area contributed by atoms with Gasteiger partial charge in [-0.15, -0.1) is 0 Å². The summed E-state index contributed by atoms with van der Waals surface area (Å²) in [5.41, 5.74) is 6.96. The summed E-state index contributed by atoms with van der Waals surface area (Å²) in [6.45, 7) is 2.79. The first-order valence-corrected chi connectivity index (χ1v) is 8.83. The quantitative estimate of drug-likeness (QED) is 0.863. The fourth-order valence-electron chi connectivity index (χ4n) is 3.28. The van der Waals surface area contributed by atoms with Crippen LogP contribution in [0, 0.1) is 0 Å². The molecule has 136 valence electrons. The maximum Gasteiger partial charge on any atom is 0.318 e. The molecule has 1 aliphatic rings. The summed E-state index contributed by atoms with van der Waals surface area (Å²) < 4.78 is 0. The molecule has 6 nitrogen and oxygen atoms in total. The number of halogens is 1. The Morgan fingerprint density at radius 2 is 1.58 bits per heavy atom. The van der Waals surface area contributed by atoms with Crippen LogP contribution in [0.1, 0.15) is 11.6 Å². The monoisotopic (exact) mass is 372 g/mol. The summed E-state index contributed by atoms with van der Waals surface area (Å²) in [6.07, 6.45) is 0. The van der Waals surface area contributed by atoms with Gasteiger partial charge in [-0.2, -0.15) is 0 Å². The van der Waals surface area contributed by atoms with E-state index in [1.165, 1.54) is 0 Å². The predicted molar refractivity (Wildman–Crippen MR) is 102 cm³/mol. The molecule has 2 aromatic carbocycles. The number of para-hydroxylation sites is 1. The van der Waals surface area contributed by atoms with Crippen LogP contribution in [0.25, 0.3) is 0 Å². The van der Waals surface area contributed by atoms with Gasteiger partial charge in [0, 0.05) is 26.2 Å². The van der Waals surface area contributed by atoms with Crippen molar-refractivity contribution in [1.29, 1.82) is 0 Å². The highest BCUT2D eigenvalue weighted by molar-refractivity contribution is 6.33. The van der Waals surface area contributed by atoms with Crippen LogP contribution in [0.15, 0.2) is 54.6 Å². The van der Waals surface area contributed by atoms with E-state index in [9.17, 15) is 9.59 Å². The van der Waals surface area contributed by atoms with Crippen molar-refractivity contribution >= 4 is 29.2 Å². The Labute approximate surface area is 157 Å². The SMILES string of the molecule is NC(=O)NC(=O)[C@H](c1ccccc1)N1CCN(c2ccccc2Cl)CC1. The second kappa shape index (κ2) is 8.21. The number of imide groups is 1. The third-order valence-electron chi connectivity index (χ3n) is 4.48. The molecule has 3 N–H and O–H groups in total. The first kappa shape index (κ1) is 18.2. The van der Waals surface area contributed by atoms with Gasteiger partial charge in [-0.05, 0) is 17.7 Å². The van der Waals surface area contributed by atoms with Crippen LogP contribution in [-0.2, 0) is 4.79 Å². The molecule has 7 heteroatoms. The molecule has 0 spiro atoms. The molecule has 2 aromatic rings. The van der Waals surface area contributed by atoms with Crippen LogP contribution < -0.4 is 16.0 Å². The third-order valence-corrected chi connectivity index (χ3v) is 4.80. The Morgan fingerprint density at radius 1 is 0.962 bits per heavy atom. The Balaban J connectivity index is 1.76. The summed E-state index contributed by atoms with van der Waals surface area (Å²) >= 11 is 6.29. The number of primary amides is 1. The average Bonchev–Trinajstić information content (AvgIpc) is 2.63. The van der Waals surface area contributed by atoms with E-state index in [4.69, 9.17) is 17.3 Å². The number of benzene rings is 2. The first-order valence-electron chi connectivity index (χ1n) is 8.45. The minimum absolute atomic E-state index is 0.408. The number of carbonyl (C=O) groups excluding carboxylic acids is 2. The number of piperazine rings is 1. The van der Waals surface area contributed by atoms with E-state index in [-0.39, 0.29) is 0 Å². The normalized spacial score (nSPS) is 16.1. The number of urea groups is 1. The van der Waals surface area contributed by atoms with E-state index < -0.39 is 18.0 Å². The van der Waals surface area contributed by atoms with Crippen molar-refractivity contribution in [2.75, 3.05) is 31.1 Å². The lowest BCUT2D eigenvalue weighted by Gasteiger charge is -2.39. The van der Waals surface area contributed by atoms with Crippen molar-refractivity contribution in [3.05, 3.63) is 65.2 Å². The van der Waals surface area contributed by atoms with Gasteiger partial charge in [0.15, 0.2) is 0 Å². The lowest BCUT2D eigenvalue weighted by Crippen LogP contribution is -2.52. The van der Waals surface area contributed by atoms with Gasteiger partial charge >= 0.3 is 6.03 Å². The number of amides is 3. The maximum absolute atomic E-state index is 12.6. The largest absolute Gasteiger partial charge is 0.368 e. The molecule has 3 amide bonds. The molecule has 1 fully saturated rings. The molecule has 0 radical (unpaired) electrons. The van der Waals surface area contributed by atoms with E-state index in [2.05, 4.69) is 15.1 Å². The number of nitrogens with zero attached hydrogens (tertiary/aromatic N) is 2. The molecule has 0 aliphatic carbocycles. The van der Waals surface area contributed by atoms with E-state index in [1.54, 1.807) is 0 Å². The van der Waals surface area contributed by atoms with Gasteiger partial charge in [0.1, 0.15) is 6.04 Å². The van der Waals surface area contributed by atoms with Crippen molar-refractivity contribution in [2.24, 2.45) is 5.73 Å². The van der Waals surface area contributed by atoms with Crippen LogP contribution in [0.4, 0.5) is 10.5 Å². The number of nitrogens with two attached hydrogens (primary N) is 1. The number of anilines is 1. The van der Waals surface area contributed by atoms with Crippen LogP contribution >= 0.6 is 11.6 Å². The zero-order chi connectivity index (χ0) is 18.5. The summed E-state index contributed by atoms with van der Waals surface area (Å²) in [6, 6.07) is 15.7. The van der Waals surface area contributed by atoms with Crippen molar-refractivity contribution in [3.63, 3.8) is 0 Å². The Hall–Kier alpha value is -2.57. The molecule has 1 atom stereocenters. The highest BCUT2D eigenvalue weighted by atomic mass is 35.5.